The molecule has 0 aliphatic carbocycles. The molecule has 0 fully saturated rings. The number of anilines is 1. The minimum Gasteiger partial charge on any atom is -0.493 e. The van der Waals surface area contributed by atoms with Crippen LogP contribution in [0, 0.1) is 20.8 Å². The van der Waals surface area contributed by atoms with Gasteiger partial charge in [0.2, 0.25) is 0 Å². The molecule has 6 nitrogen and oxygen atoms in total. The van der Waals surface area contributed by atoms with Crippen LogP contribution < -0.4 is 14.8 Å². The molecule has 0 aliphatic rings. The summed E-state index contributed by atoms with van der Waals surface area (Å²) in [7, 11) is 1.56. The van der Waals surface area contributed by atoms with Crippen LogP contribution in [0.25, 0.3) is 6.08 Å². The van der Waals surface area contributed by atoms with Gasteiger partial charge in [-0.3, -0.25) is 4.79 Å². The van der Waals surface area contributed by atoms with Crippen LogP contribution in [0.1, 0.15) is 36.1 Å². The normalized spacial score (nSPS) is 10.9. The van der Waals surface area contributed by atoms with E-state index >= 15 is 0 Å². The molecule has 0 heterocycles. The van der Waals surface area contributed by atoms with Crippen LogP contribution in [0.3, 0.4) is 0 Å². The molecule has 0 saturated heterocycles. The zero-order chi connectivity index (χ0) is 22.3. The molecule has 2 aromatic carbocycles. The van der Waals surface area contributed by atoms with Gasteiger partial charge in [-0.05, 0) is 69.5 Å². The maximum absolute atomic E-state index is 12.1. The van der Waals surface area contributed by atoms with Gasteiger partial charge in [0.1, 0.15) is 0 Å². The lowest BCUT2D eigenvalue weighted by molar-refractivity contribution is -0.142. The van der Waals surface area contributed by atoms with Crippen molar-refractivity contribution >= 4 is 23.6 Å². The summed E-state index contributed by atoms with van der Waals surface area (Å²) in [4.78, 5) is 24.1. The van der Waals surface area contributed by atoms with E-state index < -0.39 is 5.97 Å². The summed E-state index contributed by atoms with van der Waals surface area (Å²) in [5, 5.41) is 2.80. The molecule has 0 bridgehead atoms. The lowest BCUT2D eigenvalue weighted by atomic mass is 10.1. The summed E-state index contributed by atoms with van der Waals surface area (Å²) in [6.45, 7) is 9.36. The van der Waals surface area contributed by atoms with Gasteiger partial charge in [0.25, 0.3) is 5.91 Å². The number of hydrogen-bond donors (Lipinski definition) is 1. The first-order chi connectivity index (χ1) is 14.2. The van der Waals surface area contributed by atoms with Crippen molar-refractivity contribution in [3.63, 3.8) is 0 Å². The van der Waals surface area contributed by atoms with Crippen molar-refractivity contribution in [2.45, 2.75) is 40.7 Å². The maximum Gasteiger partial charge on any atom is 0.331 e. The third kappa shape index (κ3) is 6.65. The lowest BCUT2D eigenvalue weighted by Gasteiger charge is -2.13. The standard InChI is InChI=1S/C24H29NO5/c1-15(2)30-20-9-7-19(13-21(20)28-6)8-10-23(27)29-14-22(26)25-24-17(4)11-16(3)12-18(24)5/h7-13,15H,14H2,1-6H3,(H,25,26)/b10-8+. The third-order valence-corrected chi connectivity index (χ3v) is 4.25. The Kier molecular flexibility index (Phi) is 8.04. The number of esters is 1. The van der Waals surface area contributed by atoms with Crippen LogP contribution in [0.5, 0.6) is 11.5 Å². The summed E-state index contributed by atoms with van der Waals surface area (Å²) >= 11 is 0. The topological polar surface area (TPSA) is 73.9 Å². The first kappa shape index (κ1) is 23.0. The Bertz CT molecular complexity index is 924. The highest BCUT2D eigenvalue weighted by molar-refractivity contribution is 5.95. The second-order valence-corrected chi connectivity index (χ2v) is 7.34. The van der Waals surface area contributed by atoms with E-state index in [-0.39, 0.29) is 18.6 Å². The molecular weight excluding hydrogens is 382 g/mol. The van der Waals surface area contributed by atoms with Gasteiger partial charge >= 0.3 is 5.97 Å². The average Bonchev–Trinajstić information content (AvgIpc) is 2.67. The second-order valence-electron chi connectivity index (χ2n) is 7.34. The van der Waals surface area contributed by atoms with Crippen molar-refractivity contribution in [3.8, 4) is 11.5 Å². The summed E-state index contributed by atoms with van der Waals surface area (Å²) < 4.78 is 16.0. The maximum atomic E-state index is 12.1. The van der Waals surface area contributed by atoms with Crippen LogP contribution >= 0.6 is 0 Å². The van der Waals surface area contributed by atoms with E-state index in [0.29, 0.717) is 11.5 Å². The molecule has 160 valence electrons. The largest absolute Gasteiger partial charge is 0.493 e. The molecular formula is C24H29NO5. The van der Waals surface area contributed by atoms with Gasteiger partial charge in [-0.1, -0.05) is 23.8 Å². The van der Waals surface area contributed by atoms with E-state index in [2.05, 4.69) is 5.32 Å². The Balaban J connectivity index is 1.93. The fourth-order valence-electron chi connectivity index (χ4n) is 3.04. The summed E-state index contributed by atoms with van der Waals surface area (Å²) in [6.07, 6.45) is 2.89. The zero-order valence-corrected chi connectivity index (χ0v) is 18.4. The number of carbonyl (C=O) groups excluding carboxylic acids is 2. The molecule has 0 spiro atoms. The monoisotopic (exact) mass is 411 g/mol. The van der Waals surface area contributed by atoms with Crippen LogP contribution in [-0.4, -0.2) is 31.7 Å². The Hall–Kier alpha value is -3.28. The van der Waals surface area contributed by atoms with Crippen LogP contribution in [0.15, 0.2) is 36.4 Å². The highest BCUT2D eigenvalue weighted by atomic mass is 16.5. The molecule has 0 atom stereocenters. The molecule has 1 N–H and O–H groups in total. The van der Waals surface area contributed by atoms with E-state index in [1.54, 1.807) is 31.4 Å². The molecule has 30 heavy (non-hydrogen) atoms. The first-order valence-electron chi connectivity index (χ1n) is 9.76. The molecule has 2 rings (SSSR count). The predicted molar refractivity (Wildman–Crippen MR) is 118 cm³/mol. The fraction of sp³-hybridized carbons (Fsp3) is 0.333. The quantitative estimate of drug-likeness (QED) is 0.507. The summed E-state index contributed by atoms with van der Waals surface area (Å²) in [5.74, 6) is 0.209. The molecule has 0 radical (unpaired) electrons. The Morgan fingerprint density at radius 1 is 1.03 bits per heavy atom. The molecule has 6 heteroatoms. The van der Waals surface area contributed by atoms with Crippen LogP contribution in [-0.2, 0) is 14.3 Å². The molecule has 0 saturated carbocycles. The number of methoxy groups -OCH3 is 1. The summed E-state index contributed by atoms with van der Waals surface area (Å²) in [6, 6.07) is 9.33. The second kappa shape index (κ2) is 10.5. The SMILES string of the molecule is COc1cc(/C=C/C(=O)OCC(=O)Nc2c(C)cc(C)cc2C)ccc1OC(C)C. The molecule has 0 aromatic heterocycles. The highest BCUT2D eigenvalue weighted by Gasteiger charge is 2.10. The Morgan fingerprint density at radius 2 is 1.70 bits per heavy atom. The first-order valence-corrected chi connectivity index (χ1v) is 9.76. The van der Waals surface area contributed by atoms with E-state index in [0.717, 1.165) is 27.9 Å². The van der Waals surface area contributed by atoms with Gasteiger partial charge in [-0.25, -0.2) is 4.79 Å². The van der Waals surface area contributed by atoms with Crippen LogP contribution in [0.2, 0.25) is 0 Å². The number of amides is 1. The zero-order valence-electron chi connectivity index (χ0n) is 18.4. The highest BCUT2D eigenvalue weighted by Crippen LogP contribution is 2.29. The Morgan fingerprint density at radius 3 is 2.30 bits per heavy atom. The van der Waals surface area contributed by atoms with Crippen molar-refractivity contribution in [2.75, 3.05) is 19.0 Å². The van der Waals surface area contributed by atoms with E-state index in [9.17, 15) is 9.59 Å². The van der Waals surface area contributed by atoms with Crippen molar-refractivity contribution in [1.82, 2.24) is 0 Å². The molecule has 0 aliphatic heterocycles. The van der Waals surface area contributed by atoms with Crippen molar-refractivity contribution in [3.05, 3.63) is 58.7 Å². The molecule has 2 aromatic rings. The minimum absolute atomic E-state index is 0.0221. The number of aryl methyl sites for hydroxylation is 3. The average molecular weight is 411 g/mol. The lowest BCUT2D eigenvalue weighted by Crippen LogP contribution is -2.21. The number of rotatable bonds is 8. The van der Waals surface area contributed by atoms with Gasteiger partial charge in [0.15, 0.2) is 18.1 Å². The van der Waals surface area contributed by atoms with Crippen molar-refractivity contribution in [2.24, 2.45) is 0 Å². The molecule has 0 unspecified atom stereocenters. The van der Waals surface area contributed by atoms with Gasteiger partial charge in [-0.2, -0.15) is 0 Å². The number of nitrogens with one attached hydrogen (secondary N) is 1. The fourth-order valence-corrected chi connectivity index (χ4v) is 3.04. The Labute approximate surface area is 177 Å². The minimum atomic E-state index is -0.607. The smallest absolute Gasteiger partial charge is 0.331 e. The number of hydrogen-bond acceptors (Lipinski definition) is 5. The number of carbonyl (C=O) groups is 2. The predicted octanol–water partition coefficient (Wildman–Crippen LogP) is 4.60. The molecule has 1 amide bonds. The van der Waals surface area contributed by atoms with Gasteiger partial charge in [-0.15, -0.1) is 0 Å². The number of ether oxygens (including phenoxy) is 3. The van der Waals surface area contributed by atoms with Gasteiger partial charge in [0.05, 0.1) is 13.2 Å². The van der Waals surface area contributed by atoms with Gasteiger partial charge < -0.3 is 19.5 Å². The third-order valence-electron chi connectivity index (χ3n) is 4.25. The van der Waals surface area contributed by atoms with E-state index in [1.807, 2.05) is 46.8 Å². The van der Waals surface area contributed by atoms with Gasteiger partial charge in [0, 0.05) is 11.8 Å². The number of benzene rings is 2. The summed E-state index contributed by atoms with van der Waals surface area (Å²) in [5.41, 5.74) is 4.54. The van der Waals surface area contributed by atoms with E-state index in [4.69, 9.17) is 14.2 Å². The van der Waals surface area contributed by atoms with Crippen molar-refractivity contribution < 1.29 is 23.8 Å². The van der Waals surface area contributed by atoms with Crippen LogP contribution in [0.4, 0.5) is 5.69 Å². The van der Waals surface area contributed by atoms with Crippen molar-refractivity contribution in [1.29, 1.82) is 0 Å². The van der Waals surface area contributed by atoms with E-state index in [1.165, 1.54) is 6.08 Å².